The first-order chi connectivity index (χ1) is 6.66. The zero-order chi connectivity index (χ0) is 12.1. The summed E-state index contributed by atoms with van der Waals surface area (Å²) < 4.78 is 0. The van der Waals surface area contributed by atoms with E-state index >= 15 is 0 Å². The molecule has 0 atom stereocenters. The summed E-state index contributed by atoms with van der Waals surface area (Å²) in [5.41, 5.74) is 0.114. The van der Waals surface area contributed by atoms with Crippen molar-refractivity contribution in [3.63, 3.8) is 0 Å². The van der Waals surface area contributed by atoms with Crippen molar-refractivity contribution in [1.29, 1.82) is 0 Å². The first kappa shape index (κ1) is 18.1. The van der Waals surface area contributed by atoms with E-state index in [1.54, 1.807) is 0 Å². The highest BCUT2D eigenvalue weighted by Crippen LogP contribution is 2.26. The minimum absolute atomic E-state index is 0. The number of hydrogen-bond donors (Lipinski definition) is 2. The first-order valence-corrected chi connectivity index (χ1v) is 5.62. The normalized spacial score (nSPS) is 11.9. The van der Waals surface area contributed by atoms with Crippen LogP contribution in [-0.2, 0) is 4.79 Å². The van der Waals surface area contributed by atoms with Gasteiger partial charge in [0, 0.05) is 18.5 Å². The van der Waals surface area contributed by atoms with Crippen molar-refractivity contribution in [3.05, 3.63) is 0 Å². The minimum atomic E-state index is -0.122. The lowest BCUT2D eigenvalue weighted by Gasteiger charge is -2.33. The van der Waals surface area contributed by atoms with Gasteiger partial charge in [-0.2, -0.15) is 0 Å². The number of hydrogen-bond acceptors (Lipinski definition) is 2. The van der Waals surface area contributed by atoms with Gasteiger partial charge in [-0.15, -0.1) is 12.4 Å². The molecule has 0 bridgehead atoms. The van der Waals surface area contributed by atoms with E-state index in [-0.39, 0.29) is 29.3 Å². The van der Waals surface area contributed by atoms with Gasteiger partial charge in [0.1, 0.15) is 0 Å². The zero-order valence-electron chi connectivity index (χ0n) is 11.4. The van der Waals surface area contributed by atoms with E-state index in [4.69, 9.17) is 0 Å². The summed E-state index contributed by atoms with van der Waals surface area (Å²) in [7, 11) is 1.85. The van der Waals surface area contributed by atoms with E-state index in [1.807, 2.05) is 7.05 Å². The molecule has 0 unspecified atom stereocenters. The third-order valence-corrected chi connectivity index (χ3v) is 2.05. The third kappa shape index (κ3) is 10.2. The Bertz CT molecular complexity index is 210. The molecule has 0 saturated heterocycles. The van der Waals surface area contributed by atoms with Gasteiger partial charge in [0.15, 0.2) is 0 Å². The van der Waals surface area contributed by atoms with Gasteiger partial charge in [-0.05, 0) is 32.7 Å². The van der Waals surface area contributed by atoms with Gasteiger partial charge in [0.2, 0.25) is 5.91 Å². The van der Waals surface area contributed by atoms with Gasteiger partial charge in [-0.1, -0.05) is 20.8 Å². The summed E-state index contributed by atoms with van der Waals surface area (Å²) in [5.74, 6) is 0.124. The first-order valence-electron chi connectivity index (χ1n) is 5.62. The molecular weight excluding hydrogens is 224 g/mol. The van der Waals surface area contributed by atoms with Gasteiger partial charge in [0.05, 0.1) is 0 Å². The van der Waals surface area contributed by atoms with Crippen LogP contribution in [0.25, 0.3) is 0 Å². The molecule has 16 heavy (non-hydrogen) atoms. The molecule has 4 heteroatoms. The van der Waals surface area contributed by atoms with E-state index in [9.17, 15) is 4.79 Å². The van der Waals surface area contributed by atoms with Crippen LogP contribution in [0.2, 0.25) is 0 Å². The Hall–Kier alpha value is -0.280. The van der Waals surface area contributed by atoms with E-state index in [1.165, 1.54) is 0 Å². The number of amides is 1. The molecule has 0 aliphatic rings. The van der Waals surface area contributed by atoms with Gasteiger partial charge in [-0.25, -0.2) is 0 Å². The summed E-state index contributed by atoms with van der Waals surface area (Å²) in [6, 6.07) is 0. The van der Waals surface area contributed by atoms with Crippen LogP contribution in [0.1, 0.15) is 47.5 Å². The van der Waals surface area contributed by atoms with Crippen LogP contribution in [0.4, 0.5) is 0 Å². The predicted molar refractivity (Wildman–Crippen MR) is 72.1 cm³/mol. The van der Waals surface area contributed by atoms with Gasteiger partial charge >= 0.3 is 0 Å². The van der Waals surface area contributed by atoms with E-state index in [0.29, 0.717) is 6.42 Å². The summed E-state index contributed by atoms with van der Waals surface area (Å²) in [4.78, 5) is 11.6. The molecule has 0 aliphatic carbocycles. The monoisotopic (exact) mass is 250 g/mol. The van der Waals surface area contributed by atoms with Crippen LogP contribution in [0, 0.1) is 5.41 Å². The highest BCUT2D eigenvalue weighted by atomic mass is 35.5. The maximum absolute atomic E-state index is 11.6. The molecule has 0 heterocycles. The Morgan fingerprint density at radius 2 is 1.62 bits per heavy atom. The molecule has 0 fully saturated rings. The van der Waals surface area contributed by atoms with E-state index in [0.717, 1.165) is 13.0 Å². The Labute approximate surface area is 106 Å². The Morgan fingerprint density at radius 3 is 2.00 bits per heavy atom. The van der Waals surface area contributed by atoms with Crippen molar-refractivity contribution < 1.29 is 4.79 Å². The van der Waals surface area contributed by atoms with Crippen LogP contribution < -0.4 is 10.6 Å². The summed E-state index contributed by atoms with van der Waals surface area (Å²) in [6.07, 6.45) is 1.52. The number of halogens is 1. The molecule has 0 radical (unpaired) electrons. The fourth-order valence-corrected chi connectivity index (χ4v) is 2.05. The van der Waals surface area contributed by atoms with Gasteiger partial charge < -0.3 is 10.6 Å². The molecule has 1 amide bonds. The van der Waals surface area contributed by atoms with Crippen LogP contribution >= 0.6 is 12.4 Å². The highest BCUT2D eigenvalue weighted by molar-refractivity contribution is 5.85. The largest absolute Gasteiger partial charge is 0.351 e. The molecule has 0 aromatic carbocycles. The third-order valence-electron chi connectivity index (χ3n) is 2.05. The van der Waals surface area contributed by atoms with Crippen molar-refractivity contribution in [1.82, 2.24) is 10.6 Å². The average Bonchev–Trinajstić information content (AvgIpc) is 1.94. The van der Waals surface area contributed by atoms with Crippen LogP contribution in [0.5, 0.6) is 0 Å². The maximum Gasteiger partial charge on any atom is 0.221 e. The molecule has 98 valence electrons. The Balaban J connectivity index is 0. The fourth-order valence-electron chi connectivity index (χ4n) is 2.05. The molecule has 0 spiro atoms. The molecule has 0 rings (SSSR count). The van der Waals surface area contributed by atoms with Crippen LogP contribution in [-0.4, -0.2) is 25.0 Å². The van der Waals surface area contributed by atoms with Crippen molar-refractivity contribution >= 4 is 18.3 Å². The molecule has 0 aromatic heterocycles. The van der Waals surface area contributed by atoms with Crippen LogP contribution in [0.3, 0.4) is 0 Å². The number of nitrogens with one attached hydrogen (secondary N) is 2. The SMILES string of the molecule is CNCCC(=O)NC(C)(C)CC(C)(C)C.Cl. The van der Waals surface area contributed by atoms with Gasteiger partial charge in [-0.3, -0.25) is 4.79 Å². The van der Waals surface area contributed by atoms with Gasteiger partial charge in [0.25, 0.3) is 0 Å². The lowest BCUT2D eigenvalue weighted by Crippen LogP contribution is -2.46. The standard InChI is InChI=1S/C12H26N2O.ClH/c1-11(2,3)9-12(4,5)14-10(15)7-8-13-6;/h13H,7-9H2,1-6H3,(H,14,15);1H. The van der Waals surface area contributed by atoms with Crippen molar-refractivity contribution in [2.24, 2.45) is 5.41 Å². The van der Waals surface area contributed by atoms with Crippen molar-refractivity contribution in [3.8, 4) is 0 Å². The minimum Gasteiger partial charge on any atom is -0.351 e. The quantitative estimate of drug-likeness (QED) is 0.787. The lowest BCUT2D eigenvalue weighted by molar-refractivity contribution is -0.122. The summed E-state index contributed by atoms with van der Waals surface area (Å²) >= 11 is 0. The van der Waals surface area contributed by atoms with Crippen molar-refractivity contribution in [2.75, 3.05) is 13.6 Å². The van der Waals surface area contributed by atoms with Crippen molar-refractivity contribution in [2.45, 2.75) is 53.0 Å². The fraction of sp³-hybridized carbons (Fsp3) is 0.917. The Kier molecular flexibility index (Phi) is 8.06. The predicted octanol–water partition coefficient (Wildman–Crippen LogP) is 2.35. The molecule has 0 saturated carbocycles. The van der Waals surface area contributed by atoms with Crippen LogP contribution in [0.15, 0.2) is 0 Å². The lowest BCUT2D eigenvalue weighted by atomic mass is 9.82. The summed E-state index contributed by atoms with van der Waals surface area (Å²) in [6.45, 7) is 11.5. The van der Waals surface area contributed by atoms with E-state index < -0.39 is 0 Å². The molecule has 0 aliphatic heterocycles. The average molecular weight is 251 g/mol. The zero-order valence-corrected chi connectivity index (χ0v) is 12.3. The molecular formula is C12H27ClN2O. The summed E-state index contributed by atoms with van der Waals surface area (Å²) in [5, 5.41) is 6.04. The Morgan fingerprint density at radius 1 is 1.12 bits per heavy atom. The molecule has 2 N–H and O–H groups in total. The second-order valence-corrected chi connectivity index (χ2v) is 6.02. The number of rotatable bonds is 5. The smallest absolute Gasteiger partial charge is 0.221 e. The maximum atomic E-state index is 11.6. The topological polar surface area (TPSA) is 41.1 Å². The molecule has 3 nitrogen and oxygen atoms in total. The number of carbonyl (C=O) groups is 1. The molecule has 0 aromatic rings. The number of carbonyl (C=O) groups excluding carboxylic acids is 1. The second kappa shape index (κ2) is 7.13. The second-order valence-electron chi connectivity index (χ2n) is 6.02. The highest BCUT2D eigenvalue weighted by Gasteiger charge is 2.26. The van der Waals surface area contributed by atoms with E-state index in [2.05, 4.69) is 45.3 Å².